The minimum atomic E-state index is -0.639. The molecule has 4 nitrogen and oxygen atoms in total. The number of hydrogen-bond acceptors (Lipinski definition) is 3. The van der Waals surface area contributed by atoms with Gasteiger partial charge in [-0.3, -0.25) is 19.3 Å². The lowest BCUT2D eigenvalue weighted by atomic mass is 9.90. The molecule has 0 bridgehead atoms. The van der Waals surface area contributed by atoms with Crippen LogP contribution in [0, 0.1) is 5.41 Å². The van der Waals surface area contributed by atoms with Gasteiger partial charge in [-0.05, 0) is 28.1 Å². The number of anilines is 1. The van der Waals surface area contributed by atoms with E-state index in [9.17, 15) is 14.4 Å². The number of benzene rings is 1. The lowest BCUT2D eigenvalue weighted by Crippen LogP contribution is -2.39. The summed E-state index contributed by atoms with van der Waals surface area (Å²) in [4.78, 5) is 37.2. The first-order chi connectivity index (χ1) is 8.73. The van der Waals surface area contributed by atoms with Gasteiger partial charge in [0.2, 0.25) is 0 Å². The molecule has 1 aliphatic rings. The quantitative estimate of drug-likeness (QED) is 0.786. The van der Waals surface area contributed by atoms with Crippen molar-refractivity contribution in [3.8, 4) is 0 Å². The zero-order valence-corrected chi connectivity index (χ0v) is 12.6. The zero-order valence-electron chi connectivity index (χ0n) is 11.0. The van der Waals surface area contributed by atoms with Gasteiger partial charge in [0.25, 0.3) is 11.7 Å². The summed E-state index contributed by atoms with van der Waals surface area (Å²) in [5.41, 5.74) is 0.295. The number of hydrogen-bond donors (Lipinski definition) is 0. The maximum Gasteiger partial charge on any atom is 0.299 e. The lowest BCUT2D eigenvalue weighted by Gasteiger charge is -2.22. The molecule has 2 rings (SSSR count). The standard InChI is InChI=1S/C14H14BrNO3/c1-14(2,3)10(17)7-16-11-8(12(18)13(16)19)5-4-6-9(11)15/h4-6H,7H2,1-3H3. The molecule has 0 unspecified atom stereocenters. The molecule has 1 aliphatic heterocycles. The summed E-state index contributed by atoms with van der Waals surface area (Å²) >= 11 is 3.33. The van der Waals surface area contributed by atoms with E-state index < -0.39 is 17.1 Å². The number of para-hydroxylation sites is 1. The summed E-state index contributed by atoms with van der Waals surface area (Å²) in [7, 11) is 0. The molecule has 0 atom stereocenters. The second-order valence-electron chi connectivity index (χ2n) is 5.53. The van der Waals surface area contributed by atoms with Gasteiger partial charge in [-0.1, -0.05) is 26.8 Å². The molecule has 0 aliphatic carbocycles. The number of rotatable bonds is 2. The van der Waals surface area contributed by atoms with Gasteiger partial charge in [-0.15, -0.1) is 0 Å². The second-order valence-corrected chi connectivity index (χ2v) is 6.38. The number of ketones is 2. The topological polar surface area (TPSA) is 54.5 Å². The Balaban J connectivity index is 2.42. The van der Waals surface area contributed by atoms with E-state index in [2.05, 4.69) is 15.9 Å². The third-order valence-corrected chi connectivity index (χ3v) is 3.72. The molecule has 1 amide bonds. The predicted molar refractivity (Wildman–Crippen MR) is 75.3 cm³/mol. The highest BCUT2D eigenvalue weighted by atomic mass is 79.9. The number of nitrogens with zero attached hydrogens (tertiary/aromatic N) is 1. The maximum atomic E-state index is 12.1. The summed E-state index contributed by atoms with van der Waals surface area (Å²) in [6.45, 7) is 5.29. The van der Waals surface area contributed by atoms with Crippen LogP contribution in [0.25, 0.3) is 0 Å². The van der Waals surface area contributed by atoms with Crippen LogP contribution in [0.4, 0.5) is 5.69 Å². The molecule has 0 aromatic heterocycles. The molecule has 5 heteroatoms. The van der Waals surface area contributed by atoms with Crippen molar-refractivity contribution >= 4 is 39.1 Å². The summed E-state index contributed by atoms with van der Waals surface area (Å²) in [6, 6.07) is 5.05. The molecular formula is C14H14BrNO3. The van der Waals surface area contributed by atoms with E-state index in [1.165, 1.54) is 4.90 Å². The molecule has 0 saturated heterocycles. The highest BCUT2D eigenvalue weighted by Gasteiger charge is 2.39. The summed E-state index contributed by atoms with van der Waals surface area (Å²) in [5.74, 6) is -1.28. The normalized spacial score (nSPS) is 14.8. The van der Waals surface area contributed by atoms with Crippen LogP contribution in [-0.2, 0) is 9.59 Å². The fraction of sp³-hybridized carbons (Fsp3) is 0.357. The smallest absolute Gasteiger partial charge is 0.297 e. The number of amides is 1. The van der Waals surface area contributed by atoms with Gasteiger partial charge in [-0.25, -0.2) is 0 Å². The van der Waals surface area contributed by atoms with Gasteiger partial charge in [0.05, 0.1) is 17.8 Å². The van der Waals surface area contributed by atoms with E-state index in [1.807, 2.05) is 0 Å². The number of Topliss-reactive ketones (excluding diaryl/α,β-unsaturated/α-hetero) is 2. The van der Waals surface area contributed by atoms with Gasteiger partial charge >= 0.3 is 0 Å². The Morgan fingerprint density at radius 3 is 2.47 bits per heavy atom. The molecule has 1 aromatic carbocycles. The Bertz CT molecular complexity index is 587. The van der Waals surface area contributed by atoms with E-state index in [4.69, 9.17) is 0 Å². The SMILES string of the molecule is CC(C)(C)C(=O)CN1C(=O)C(=O)c2cccc(Br)c21. The van der Waals surface area contributed by atoms with Crippen LogP contribution in [0.5, 0.6) is 0 Å². The minimum absolute atomic E-state index is 0.0797. The fourth-order valence-electron chi connectivity index (χ4n) is 1.84. The molecule has 0 fully saturated rings. The predicted octanol–water partition coefficient (Wildman–Crippen LogP) is 2.59. The molecule has 0 saturated carbocycles. The van der Waals surface area contributed by atoms with Crippen LogP contribution in [0.3, 0.4) is 0 Å². The van der Waals surface area contributed by atoms with Crippen molar-refractivity contribution in [3.63, 3.8) is 0 Å². The molecule has 100 valence electrons. The minimum Gasteiger partial charge on any atom is -0.297 e. The van der Waals surface area contributed by atoms with E-state index in [-0.39, 0.29) is 12.3 Å². The zero-order chi connectivity index (χ0) is 14.4. The number of carbonyl (C=O) groups is 3. The maximum absolute atomic E-state index is 12.1. The largest absolute Gasteiger partial charge is 0.299 e. The summed E-state index contributed by atoms with van der Waals surface area (Å²) in [5, 5.41) is 0. The average molecular weight is 324 g/mol. The molecule has 19 heavy (non-hydrogen) atoms. The molecule has 1 aromatic rings. The molecule has 0 N–H and O–H groups in total. The van der Waals surface area contributed by atoms with Gasteiger partial charge < -0.3 is 0 Å². The fourth-order valence-corrected chi connectivity index (χ4v) is 2.42. The van der Waals surface area contributed by atoms with Crippen molar-refractivity contribution < 1.29 is 14.4 Å². The van der Waals surface area contributed by atoms with Crippen LogP contribution >= 0.6 is 15.9 Å². The van der Waals surface area contributed by atoms with Gasteiger partial charge in [0.15, 0.2) is 5.78 Å². The second kappa shape index (κ2) is 4.56. The average Bonchev–Trinajstić information content (AvgIpc) is 2.55. The van der Waals surface area contributed by atoms with Gasteiger partial charge in [0, 0.05) is 9.89 Å². The highest BCUT2D eigenvalue weighted by Crippen LogP contribution is 2.36. The molecule has 0 spiro atoms. The van der Waals surface area contributed by atoms with Crippen molar-refractivity contribution in [2.45, 2.75) is 20.8 Å². The first-order valence-electron chi connectivity index (χ1n) is 5.91. The number of fused-ring (bicyclic) bond motifs is 1. The van der Waals surface area contributed by atoms with E-state index in [1.54, 1.807) is 39.0 Å². The van der Waals surface area contributed by atoms with E-state index >= 15 is 0 Å². The first kappa shape index (κ1) is 13.9. The van der Waals surface area contributed by atoms with Crippen LogP contribution in [0.1, 0.15) is 31.1 Å². The summed E-state index contributed by atoms with van der Waals surface area (Å²) in [6.07, 6.45) is 0. The van der Waals surface area contributed by atoms with Crippen LogP contribution < -0.4 is 4.90 Å². The third kappa shape index (κ3) is 2.34. The molecular weight excluding hydrogens is 310 g/mol. The van der Waals surface area contributed by atoms with Crippen molar-refractivity contribution in [2.75, 3.05) is 11.4 Å². The first-order valence-corrected chi connectivity index (χ1v) is 6.71. The Hall–Kier alpha value is -1.49. The van der Waals surface area contributed by atoms with E-state index in [0.717, 1.165) is 0 Å². The van der Waals surface area contributed by atoms with Crippen molar-refractivity contribution in [3.05, 3.63) is 28.2 Å². The van der Waals surface area contributed by atoms with Crippen molar-refractivity contribution in [1.82, 2.24) is 0 Å². The Kier molecular flexibility index (Phi) is 3.34. The number of halogens is 1. The van der Waals surface area contributed by atoms with Gasteiger partial charge in [0.1, 0.15) is 0 Å². The van der Waals surface area contributed by atoms with E-state index in [0.29, 0.717) is 15.7 Å². The van der Waals surface area contributed by atoms with Crippen molar-refractivity contribution in [2.24, 2.45) is 5.41 Å². The molecule has 1 heterocycles. The Labute approximate surface area is 119 Å². The lowest BCUT2D eigenvalue weighted by molar-refractivity contribution is -0.126. The molecule has 0 radical (unpaired) electrons. The Morgan fingerprint density at radius 1 is 1.26 bits per heavy atom. The van der Waals surface area contributed by atoms with Crippen LogP contribution in [0.2, 0.25) is 0 Å². The third-order valence-electron chi connectivity index (χ3n) is 3.08. The monoisotopic (exact) mass is 323 g/mol. The van der Waals surface area contributed by atoms with Crippen LogP contribution in [0.15, 0.2) is 22.7 Å². The number of carbonyl (C=O) groups excluding carboxylic acids is 3. The van der Waals surface area contributed by atoms with Gasteiger partial charge in [-0.2, -0.15) is 0 Å². The Morgan fingerprint density at radius 2 is 1.89 bits per heavy atom. The highest BCUT2D eigenvalue weighted by molar-refractivity contribution is 9.10. The van der Waals surface area contributed by atoms with Crippen LogP contribution in [-0.4, -0.2) is 24.0 Å². The summed E-state index contributed by atoms with van der Waals surface area (Å²) < 4.78 is 0.644. The van der Waals surface area contributed by atoms with Crippen molar-refractivity contribution in [1.29, 1.82) is 0 Å².